The first-order valence-electron chi connectivity index (χ1n) is 8.03. The molecule has 122 valence electrons. The average molecular weight is 319 g/mol. The van der Waals surface area contributed by atoms with Gasteiger partial charge in [-0.15, -0.1) is 5.10 Å². The van der Waals surface area contributed by atoms with Crippen LogP contribution in [0.2, 0.25) is 0 Å². The second kappa shape index (κ2) is 7.08. The number of aromatic nitrogens is 3. The zero-order valence-corrected chi connectivity index (χ0v) is 14.2. The lowest BCUT2D eigenvalue weighted by Crippen LogP contribution is -2.18. The maximum absolute atomic E-state index is 4.62. The van der Waals surface area contributed by atoms with Crippen LogP contribution in [0, 0.1) is 13.8 Å². The second-order valence-electron chi connectivity index (χ2n) is 5.72. The van der Waals surface area contributed by atoms with Crippen molar-refractivity contribution in [3.8, 4) is 0 Å². The maximum atomic E-state index is 4.62. The van der Waals surface area contributed by atoms with Gasteiger partial charge in [-0.05, 0) is 56.2 Å². The van der Waals surface area contributed by atoms with Crippen LogP contribution in [0.25, 0.3) is 0 Å². The third kappa shape index (κ3) is 3.68. The van der Waals surface area contributed by atoms with E-state index < -0.39 is 0 Å². The summed E-state index contributed by atoms with van der Waals surface area (Å²) in [5, 5.41) is 11.5. The molecule has 5 heteroatoms. The predicted octanol–water partition coefficient (Wildman–Crippen LogP) is 4.39. The minimum absolute atomic E-state index is 0.492. The molecular weight excluding hydrogens is 298 g/mol. The number of nitrogens with one attached hydrogen (secondary N) is 1. The summed E-state index contributed by atoms with van der Waals surface area (Å²) in [5.74, 6) is 1.26. The van der Waals surface area contributed by atoms with Gasteiger partial charge in [0.2, 0.25) is 5.95 Å². The molecule has 0 amide bonds. The van der Waals surface area contributed by atoms with Crippen LogP contribution in [0.1, 0.15) is 18.1 Å². The van der Waals surface area contributed by atoms with Gasteiger partial charge in [0.15, 0.2) is 5.82 Å². The third-order valence-electron chi connectivity index (χ3n) is 3.68. The molecule has 0 saturated heterocycles. The summed E-state index contributed by atoms with van der Waals surface area (Å²) < 4.78 is 0. The molecule has 0 spiro atoms. The normalized spacial score (nSPS) is 10.5. The zero-order chi connectivity index (χ0) is 16.9. The molecule has 3 aromatic rings. The van der Waals surface area contributed by atoms with E-state index in [2.05, 4.69) is 76.5 Å². The molecule has 0 aliphatic heterocycles. The average Bonchev–Trinajstić information content (AvgIpc) is 2.56. The lowest BCUT2D eigenvalue weighted by atomic mass is 10.1. The molecule has 1 aromatic heterocycles. The highest BCUT2D eigenvalue weighted by atomic mass is 15.3. The molecule has 0 aliphatic rings. The second-order valence-corrected chi connectivity index (χ2v) is 5.72. The van der Waals surface area contributed by atoms with E-state index in [0.29, 0.717) is 5.95 Å². The Bertz CT molecular complexity index is 797. The molecular formula is C19H21N5. The fourth-order valence-electron chi connectivity index (χ4n) is 2.74. The van der Waals surface area contributed by atoms with Crippen LogP contribution in [-0.2, 0) is 0 Å². The Morgan fingerprint density at radius 3 is 2.38 bits per heavy atom. The summed E-state index contributed by atoms with van der Waals surface area (Å²) in [7, 11) is 0. The number of benzene rings is 2. The van der Waals surface area contributed by atoms with Crippen molar-refractivity contribution in [1.29, 1.82) is 0 Å². The van der Waals surface area contributed by atoms with E-state index in [1.165, 1.54) is 11.1 Å². The van der Waals surface area contributed by atoms with Crippen molar-refractivity contribution in [3.63, 3.8) is 0 Å². The summed E-state index contributed by atoms with van der Waals surface area (Å²) in [6.45, 7) is 7.03. The highest BCUT2D eigenvalue weighted by Gasteiger charge is 2.10. The van der Waals surface area contributed by atoms with E-state index in [1.807, 2.05) is 18.2 Å². The first-order chi connectivity index (χ1) is 11.7. The van der Waals surface area contributed by atoms with E-state index in [4.69, 9.17) is 0 Å². The fraction of sp³-hybridized carbons (Fsp3) is 0.211. The van der Waals surface area contributed by atoms with Gasteiger partial charge in [0, 0.05) is 17.9 Å². The Labute approximate surface area is 142 Å². The zero-order valence-electron chi connectivity index (χ0n) is 14.2. The maximum Gasteiger partial charge on any atom is 0.249 e. The van der Waals surface area contributed by atoms with Crippen LogP contribution in [0.5, 0.6) is 0 Å². The summed E-state index contributed by atoms with van der Waals surface area (Å²) in [5.41, 5.74) is 4.44. The van der Waals surface area contributed by atoms with Crippen molar-refractivity contribution in [3.05, 3.63) is 65.9 Å². The summed E-state index contributed by atoms with van der Waals surface area (Å²) in [4.78, 5) is 6.71. The largest absolute Gasteiger partial charge is 0.325 e. The number of rotatable bonds is 5. The Kier molecular flexibility index (Phi) is 4.70. The third-order valence-corrected chi connectivity index (χ3v) is 3.68. The van der Waals surface area contributed by atoms with Crippen LogP contribution in [-0.4, -0.2) is 21.7 Å². The SMILES string of the molecule is CCN(c1ccccc1)c1cnnc(Nc2cc(C)cc(C)c2)n1. The number of hydrogen-bond donors (Lipinski definition) is 1. The van der Waals surface area contributed by atoms with Crippen molar-refractivity contribution >= 4 is 23.1 Å². The van der Waals surface area contributed by atoms with E-state index in [9.17, 15) is 0 Å². The quantitative estimate of drug-likeness (QED) is 0.756. The van der Waals surface area contributed by atoms with Gasteiger partial charge < -0.3 is 10.2 Å². The topological polar surface area (TPSA) is 53.9 Å². The van der Waals surface area contributed by atoms with Crippen LogP contribution in [0.3, 0.4) is 0 Å². The van der Waals surface area contributed by atoms with Crippen LogP contribution in [0.4, 0.5) is 23.1 Å². The molecule has 1 N–H and O–H groups in total. The monoisotopic (exact) mass is 319 g/mol. The van der Waals surface area contributed by atoms with E-state index in [1.54, 1.807) is 6.20 Å². The van der Waals surface area contributed by atoms with E-state index >= 15 is 0 Å². The predicted molar refractivity (Wildman–Crippen MR) is 98.1 cm³/mol. The summed E-state index contributed by atoms with van der Waals surface area (Å²) >= 11 is 0. The van der Waals surface area contributed by atoms with Crippen molar-refractivity contribution < 1.29 is 0 Å². The molecule has 24 heavy (non-hydrogen) atoms. The standard InChI is InChI=1S/C19H21N5/c1-4-24(17-8-6-5-7-9-17)18-13-20-23-19(22-18)21-16-11-14(2)10-15(3)12-16/h5-13H,4H2,1-3H3,(H,21,22,23). The minimum Gasteiger partial charge on any atom is -0.325 e. The smallest absolute Gasteiger partial charge is 0.249 e. The van der Waals surface area contributed by atoms with Crippen molar-refractivity contribution in [2.75, 3.05) is 16.8 Å². The summed E-state index contributed by atoms with van der Waals surface area (Å²) in [6.07, 6.45) is 1.68. The fourth-order valence-corrected chi connectivity index (χ4v) is 2.74. The van der Waals surface area contributed by atoms with E-state index in [0.717, 1.165) is 23.7 Å². The lowest BCUT2D eigenvalue weighted by Gasteiger charge is -2.21. The number of nitrogens with zero attached hydrogens (tertiary/aromatic N) is 4. The van der Waals surface area contributed by atoms with Crippen LogP contribution in [0.15, 0.2) is 54.7 Å². The van der Waals surface area contributed by atoms with Gasteiger partial charge in [-0.1, -0.05) is 24.3 Å². The van der Waals surface area contributed by atoms with Gasteiger partial charge in [-0.3, -0.25) is 0 Å². The van der Waals surface area contributed by atoms with Gasteiger partial charge in [-0.2, -0.15) is 10.1 Å². The van der Waals surface area contributed by atoms with Crippen molar-refractivity contribution in [2.45, 2.75) is 20.8 Å². The van der Waals surface area contributed by atoms with E-state index in [-0.39, 0.29) is 0 Å². The van der Waals surface area contributed by atoms with Crippen molar-refractivity contribution in [1.82, 2.24) is 15.2 Å². The molecule has 0 radical (unpaired) electrons. The molecule has 0 atom stereocenters. The number of hydrogen-bond acceptors (Lipinski definition) is 5. The molecule has 0 fully saturated rings. The first-order valence-corrected chi connectivity index (χ1v) is 8.03. The van der Waals surface area contributed by atoms with Gasteiger partial charge in [0.1, 0.15) is 0 Å². The molecule has 0 saturated carbocycles. The number of anilines is 4. The molecule has 0 aliphatic carbocycles. The van der Waals surface area contributed by atoms with Crippen LogP contribution < -0.4 is 10.2 Å². The van der Waals surface area contributed by atoms with Crippen molar-refractivity contribution in [2.24, 2.45) is 0 Å². The number of para-hydroxylation sites is 1. The molecule has 0 unspecified atom stereocenters. The Balaban J connectivity index is 1.88. The minimum atomic E-state index is 0.492. The van der Waals surface area contributed by atoms with Gasteiger partial charge in [0.05, 0.1) is 6.20 Å². The lowest BCUT2D eigenvalue weighted by molar-refractivity contribution is 0.922. The molecule has 1 heterocycles. The highest BCUT2D eigenvalue weighted by molar-refractivity contribution is 5.61. The van der Waals surface area contributed by atoms with Crippen LogP contribution >= 0.6 is 0 Å². The van der Waals surface area contributed by atoms with Gasteiger partial charge in [-0.25, -0.2) is 0 Å². The highest BCUT2D eigenvalue weighted by Crippen LogP contribution is 2.23. The van der Waals surface area contributed by atoms with Gasteiger partial charge in [0.25, 0.3) is 0 Å². The first kappa shape index (κ1) is 15.9. The summed E-state index contributed by atoms with van der Waals surface area (Å²) in [6, 6.07) is 16.4. The molecule has 2 aromatic carbocycles. The Hall–Kier alpha value is -2.95. The molecule has 5 nitrogen and oxygen atoms in total. The number of aryl methyl sites for hydroxylation is 2. The Morgan fingerprint density at radius 1 is 1.00 bits per heavy atom. The molecule has 3 rings (SSSR count). The van der Waals surface area contributed by atoms with Gasteiger partial charge >= 0.3 is 0 Å². The molecule has 0 bridgehead atoms. The Morgan fingerprint density at radius 2 is 1.71 bits per heavy atom.